The molecule has 0 fully saturated rings. The van der Waals surface area contributed by atoms with Crippen molar-refractivity contribution in [2.45, 2.75) is 27.2 Å². The Morgan fingerprint density at radius 2 is 1.64 bits per heavy atom. The number of carbonyl (C=O) groups excluding carboxylic acids is 2. The number of hydrogen-bond donors (Lipinski definition) is 1. The van der Waals surface area contributed by atoms with E-state index in [0.29, 0.717) is 39.9 Å². The van der Waals surface area contributed by atoms with Gasteiger partial charge in [0.05, 0.1) is 17.9 Å². The lowest BCUT2D eigenvalue weighted by Crippen LogP contribution is -2.32. The van der Waals surface area contributed by atoms with Crippen LogP contribution in [-0.4, -0.2) is 18.4 Å². The molecule has 0 spiro atoms. The number of amides is 2. The fourth-order valence-corrected chi connectivity index (χ4v) is 3.88. The molecule has 0 radical (unpaired) electrons. The van der Waals surface area contributed by atoms with Crippen LogP contribution >= 0.6 is 11.6 Å². The molecule has 4 rings (SSSR count). The summed E-state index contributed by atoms with van der Waals surface area (Å²) in [6.07, 6.45) is 0.809. The van der Waals surface area contributed by atoms with Crippen molar-refractivity contribution in [3.8, 4) is 5.75 Å². The normalized spacial score (nSPS) is 13.6. The minimum absolute atomic E-state index is 0.208. The van der Waals surface area contributed by atoms with E-state index in [2.05, 4.69) is 5.32 Å². The summed E-state index contributed by atoms with van der Waals surface area (Å²) in [6.45, 7) is 6.32. The van der Waals surface area contributed by atoms with Gasteiger partial charge >= 0.3 is 0 Å². The summed E-state index contributed by atoms with van der Waals surface area (Å²) in [6, 6.07) is 20.1. The minimum atomic E-state index is -0.442. The maximum Gasteiger partial charge on any atom is 0.282 e. The van der Waals surface area contributed by atoms with E-state index < -0.39 is 11.8 Å². The average Bonchev–Trinajstić information content (AvgIpc) is 3.05. The third-order valence-electron chi connectivity index (χ3n) is 5.52. The summed E-state index contributed by atoms with van der Waals surface area (Å²) in [5, 5.41) is 3.77. The second-order valence-corrected chi connectivity index (χ2v) is 8.32. The highest BCUT2D eigenvalue weighted by Gasteiger charge is 2.41. The van der Waals surface area contributed by atoms with Gasteiger partial charge < -0.3 is 10.1 Å². The van der Waals surface area contributed by atoms with Gasteiger partial charge in [-0.2, -0.15) is 0 Å². The van der Waals surface area contributed by atoms with E-state index in [4.69, 9.17) is 16.3 Å². The molecule has 1 aliphatic heterocycles. The Balaban J connectivity index is 1.83. The number of nitrogens with one attached hydrogen (secondary N) is 1. The van der Waals surface area contributed by atoms with Crippen LogP contribution in [0.3, 0.4) is 0 Å². The number of nitrogens with zero attached hydrogens (tertiary/aromatic N) is 1. The smallest absolute Gasteiger partial charge is 0.282 e. The minimum Gasteiger partial charge on any atom is -0.491 e. The molecule has 0 saturated carbocycles. The molecule has 2 amide bonds. The SMILES string of the molecule is CCCOc1ccccc1N1C(=O)C(Nc2cccc(Cl)c2C)=C(c2ccc(C)cc2)C1=O. The monoisotopic (exact) mass is 460 g/mol. The summed E-state index contributed by atoms with van der Waals surface area (Å²) < 4.78 is 5.84. The third kappa shape index (κ3) is 4.37. The Morgan fingerprint density at radius 3 is 2.36 bits per heavy atom. The van der Waals surface area contributed by atoms with Crippen LogP contribution in [0.15, 0.2) is 72.4 Å². The van der Waals surface area contributed by atoms with Gasteiger partial charge in [-0.3, -0.25) is 9.59 Å². The second-order valence-electron chi connectivity index (χ2n) is 7.92. The molecule has 1 N–H and O–H groups in total. The quantitative estimate of drug-likeness (QED) is 0.430. The number of benzene rings is 3. The highest BCUT2D eigenvalue weighted by atomic mass is 35.5. The fraction of sp³-hybridized carbons (Fsp3) is 0.185. The first-order chi connectivity index (χ1) is 15.9. The number of hydrogen-bond acceptors (Lipinski definition) is 4. The van der Waals surface area contributed by atoms with Gasteiger partial charge in [0, 0.05) is 10.7 Å². The van der Waals surface area contributed by atoms with E-state index in [9.17, 15) is 9.59 Å². The van der Waals surface area contributed by atoms with Crippen LogP contribution in [0.1, 0.15) is 30.0 Å². The van der Waals surface area contributed by atoms with E-state index >= 15 is 0 Å². The molecular weight excluding hydrogens is 436 g/mol. The molecule has 5 nitrogen and oxygen atoms in total. The fourth-order valence-electron chi connectivity index (χ4n) is 3.71. The first kappa shape index (κ1) is 22.6. The maximum absolute atomic E-state index is 13.7. The molecule has 0 aliphatic carbocycles. The first-order valence-electron chi connectivity index (χ1n) is 10.9. The van der Waals surface area contributed by atoms with Crippen molar-refractivity contribution >= 4 is 40.4 Å². The molecule has 6 heteroatoms. The van der Waals surface area contributed by atoms with Gasteiger partial charge in [0.1, 0.15) is 11.4 Å². The molecule has 0 unspecified atom stereocenters. The zero-order chi connectivity index (χ0) is 23.5. The van der Waals surface area contributed by atoms with Gasteiger partial charge in [0.2, 0.25) is 0 Å². The molecule has 1 heterocycles. The van der Waals surface area contributed by atoms with Crippen molar-refractivity contribution < 1.29 is 14.3 Å². The van der Waals surface area contributed by atoms with Crippen LogP contribution in [0.2, 0.25) is 5.02 Å². The Hall–Kier alpha value is -3.57. The number of halogens is 1. The highest BCUT2D eigenvalue weighted by molar-refractivity contribution is 6.46. The molecule has 0 aromatic heterocycles. The number of carbonyl (C=O) groups is 2. The Morgan fingerprint density at radius 1 is 0.909 bits per heavy atom. The molecule has 0 saturated heterocycles. The molecule has 168 valence electrons. The van der Waals surface area contributed by atoms with Crippen LogP contribution in [-0.2, 0) is 9.59 Å². The van der Waals surface area contributed by atoms with Gasteiger partial charge in [-0.05, 0) is 55.7 Å². The first-order valence-corrected chi connectivity index (χ1v) is 11.2. The van der Waals surface area contributed by atoms with Crippen molar-refractivity contribution in [3.05, 3.63) is 94.1 Å². The van der Waals surface area contributed by atoms with Crippen LogP contribution in [0.25, 0.3) is 5.57 Å². The molecule has 0 bridgehead atoms. The summed E-state index contributed by atoms with van der Waals surface area (Å²) >= 11 is 6.29. The second kappa shape index (κ2) is 9.51. The Labute approximate surface area is 198 Å². The Kier molecular flexibility index (Phi) is 6.52. The predicted molar refractivity (Wildman–Crippen MR) is 133 cm³/mol. The van der Waals surface area contributed by atoms with Crippen molar-refractivity contribution in [1.82, 2.24) is 0 Å². The number of rotatable bonds is 7. The van der Waals surface area contributed by atoms with Crippen molar-refractivity contribution in [2.24, 2.45) is 0 Å². The number of aryl methyl sites for hydroxylation is 1. The number of ether oxygens (including phenoxy) is 1. The zero-order valence-electron chi connectivity index (χ0n) is 18.8. The van der Waals surface area contributed by atoms with E-state index in [-0.39, 0.29) is 5.70 Å². The van der Waals surface area contributed by atoms with Gasteiger partial charge in [-0.1, -0.05) is 66.6 Å². The molecule has 3 aromatic rings. The van der Waals surface area contributed by atoms with Gasteiger partial charge in [-0.25, -0.2) is 4.90 Å². The predicted octanol–water partition coefficient (Wildman–Crippen LogP) is 6.14. The van der Waals surface area contributed by atoms with E-state index in [1.165, 1.54) is 4.90 Å². The molecule has 0 atom stereocenters. The van der Waals surface area contributed by atoms with Crippen molar-refractivity contribution in [3.63, 3.8) is 0 Å². The van der Waals surface area contributed by atoms with Crippen LogP contribution < -0.4 is 15.0 Å². The lowest BCUT2D eigenvalue weighted by Gasteiger charge is -2.19. The largest absolute Gasteiger partial charge is 0.491 e. The lowest BCUT2D eigenvalue weighted by molar-refractivity contribution is -0.120. The van der Waals surface area contributed by atoms with Gasteiger partial charge in [0.25, 0.3) is 11.8 Å². The lowest BCUT2D eigenvalue weighted by atomic mass is 10.0. The van der Waals surface area contributed by atoms with Crippen molar-refractivity contribution in [1.29, 1.82) is 0 Å². The Bertz CT molecular complexity index is 1250. The van der Waals surface area contributed by atoms with Gasteiger partial charge in [0.15, 0.2) is 0 Å². The average molecular weight is 461 g/mol. The van der Waals surface area contributed by atoms with Crippen LogP contribution in [0.4, 0.5) is 11.4 Å². The van der Waals surface area contributed by atoms with Crippen LogP contribution in [0, 0.1) is 13.8 Å². The maximum atomic E-state index is 13.7. The summed E-state index contributed by atoms with van der Waals surface area (Å²) in [5.41, 5.74) is 4.12. The molecular formula is C27H25ClN2O3. The number of imide groups is 1. The number of para-hydroxylation sites is 2. The standard InChI is InChI=1S/C27H25ClN2O3/c1-4-16-33-23-11-6-5-10-22(23)30-26(31)24(19-14-12-17(2)13-15-19)25(27(30)32)29-21-9-7-8-20(28)18(21)3/h5-15,29H,4,16H2,1-3H3. The summed E-state index contributed by atoms with van der Waals surface area (Å²) in [7, 11) is 0. The third-order valence-corrected chi connectivity index (χ3v) is 5.93. The van der Waals surface area contributed by atoms with E-state index in [1.807, 2.05) is 57.2 Å². The summed E-state index contributed by atoms with van der Waals surface area (Å²) in [5.74, 6) is -0.356. The van der Waals surface area contributed by atoms with E-state index in [1.54, 1.807) is 30.3 Å². The molecule has 33 heavy (non-hydrogen) atoms. The van der Waals surface area contributed by atoms with E-state index in [0.717, 1.165) is 17.5 Å². The van der Waals surface area contributed by atoms with Crippen LogP contribution in [0.5, 0.6) is 5.75 Å². The van der Waals surface area contributed by atoms with Crippen molar-refractivity contribution in [2.75, 3.05) is 16.8 Å². The highest BCUT2D eigenvalue weighted by Crippen LogP contribution is 2.38. The zero-order valence-corrected chi connectivity index (χ0v) is 19.6. The molecule has 1 aliphatic rings. The molecule has 3 aromatic carbocycles. The topological polar surface area (TPSA) is 58.6 Å². The van der Waals surface area contributed by atoms with Gasteiger partial charge in [-0.15, -0.1) is 0 Å². The summed E-state index contributed by atoms with van der Waals surface area (Å²) in [4.78, 5) is 28.6. The number of anilines is 2.